The Balaban J connectivity index is 1.85. The molecule has 1 aromatic heterocycles. The van der Waals surface area contributed by atoms with E-state index in [4.69, 9.17) is 5.73 Å². The Morgan fingerprint density at radius 3 is 2.56 bits per heavy atom. The van der Waals surface area contributed by atoms with Crippen LogP contribution in [-0.2, 0) is 0 Å². The maximum Gasteiger partial charge on any atom is 0.145 e. The lowest BCUT2D eigenvalue weighted by molar-refractivity contribution is 0.317. The fraction of sp³-hybridized carbons (Fsp3) is 0.357. The summed E-state index contributed by atoms with van der Waals surface area (Å²) in [6, 6.07) is 11.0. The molecule has 1 unspecified atom stereocenters. The first-order valence-corrected chi connectivity index (χ1v) is 6.36. The van der Waals surface area contributed by atoms with Crippen molar-refractivity contribution in [1.82, 2.24) is 14.7 Å². The Morgan fingerprint density at radius 1 is 1.22 bits per heavy atom. The molecule has 0 saturated carbocycles. The topological polar surface area (TPSA) is 47.1 Å². The number of aromatic nitrogens is 2. The van der Waals surface area contributed by atoms with Gasteiger partial charge in [0.05, 0.1) is 5.69 Å². The first-order chi connectivity index (χ1) is 8.74. The normalized spacial score (nSPS) is 20.4. The second kappa shape index (κ2) is 4.46. The lowest BCUT2D eigenvalue weighted by atomic mass is 10.0. The van der Waals surface area contributed by atoms with Gasteiger partial charge in [0.1, 0.15) is 5.82 Å². The van der Waals surface area contributed by atoms with Gasteiger partial charge in [-0.15, -0.1) is 0 Å². The van der Waals surface area contributed by atoms with Crippen LogP contribution in [0.3, 0.4) is 0 Å². The summed E-state index contributed by atoms with van der Waals surface area (Å²) in [5.74, 6) is 0.551. The zero-order chi connectivity index (χ0) is 12.5. The van der Waals surface area contributed by atoms with Crippen molar-refractivity contribution in [3.8, 4) is 5.69 Å². The minimum absolute atomic E-state index is 0.551. The van der Waals surface area contributed by atoms with Gasteiger partial charge in [0.2, 0.25) is 0 Å². The van der Waals surface area contributed by atoms with E-state index in [1.54, 1.807) is 10.7 Å². The molecular weight excluding hydrogens is 224 g/mol. The molecule has 1 aromatic carbocycles. The third-order valence-electron chi connectivity index (χ3n) is 3.67. The van der Waals surface area contributed by atoms with Gasteiger partial charge in [-0.3, -0.25) is 4.90 Å². The van der Waals surface area contributed by atoms with E-state index in [2.05, 4.69) is 41.3 Å². The Morgan fingerprint density at radius 2 is 2.00 bits per heavy atom. The average molecular weight is 242 g/mol. The SMILES string of the molecule is CN1CCCC1c1ccc(-n2ccc(N)n2)cc1. The van der Waals surface area contributed by atoms with E-state index in [0.29, 0.717) is 11.9 Å². The van der Waals surface area contributed by atoms with Gasteiger partial charge >= 0.3 is 0 Å². The molecule has 0 aliphatic carbocycles. The maximum atomic E-state index is 5.62. The highest BCUT2D eigenvalue weighted by Gasteiger charge is 2.22. The number of nitrogens with two attached hydrogens (primary N) is 1. The molecule has 1 aliphatic heterocycles. The fourth-order valence-electron chi connectivity index (χ4n) is 2.66. The van der Waals surface area contributed by atoms with Crippen molar-refractivity contribution >= 4 is 5.82 Å². The summed E-state index contributed by atoms with van der Waals surface area (Å²) in [6.07, 6.45) is 4.43. The number of rotatable bonds is 2. The van der Waals surface area contributed by atoms with E-state index < -0.39 is 0 Å². The number of anilines is 1. The first-order valence-electron chi connectivity index (χ1n) is 6.36. The van der Waals surface area contributed by atoms with Crippen LogP contribution in [0.2, 0.25) is 0 Å². The van der Waals surface area contributed by atoms with Crippen LogP contribution in [0.25, 0.3) is 5.69 Å². The molecule has 0 amide bonds. The first kappa shape index (κ1) is 11.3. The van der Waals surface area contributed by atoms with Crippen LogP contribution in [0.1, 0.15) is 24.4 Å². The van der Waals surface area contributed by atoms with Crippen LogP contribution in [0.4, 0.5) is 5.82 Å². The largest absolute Gasteiger partial charge is 0.382 e. The molecule has 4 heteroatoms. The lowest BCUT2D eigenvalue weighted by Gasteiger charge is -2.19. The quantitative estimate of drug-likeness (QED) is 0.878. The van der Waals surface area contributed by atoms with E-state index >= 15 is 0 Å². The predicted octanol–water partition coefficient (Wildman–Crippen LogP) is 2.22. The van der Waals surface area contributed by atoms with E-state index in [1.165, 1.54) is 24.9 Å². The van der Waals surface area contributed by atoms with Crippen LogP contribution in [0.5, 0.6) is 0 Å². The van der Waals surface area contributed by atoms with Gasteiger partial charge in [0.15, 0.2) is 0 Å². The van der Waals surface area contributed by atoms with Gasteiger partial charge in [-0.2, -0.15) is 5.10 Å². The van der Waals surface area contributed by atoms with Gasteiger partial charge in [-0.25, -0.2) is 4.68 Å². The average Bonchev–Trinajstić information content (AvgIpc) is 2.98. The molecule has 1 aliphatic rings. The molecule has 18 heavy (non-hydrogen) atoms. The fourth-order valence-corrected chi connectivity index (χ4v) is 2.66. The molecule has 2 N–H and O–H groups in total. The summed E-state index contributed by atoms with van der Waals surface area (Å²) in [6.45, 7) is 1.20. The molecule has 0 bridgehead atoms. The Bertz CT molecular complexity index is 529. The third kappa shape index (κ3) is 1.99. The molecule has 2 heterocycles. The molecule has 1 atom stereocenters. The van der Waals surface area contributed by atoms with Gasteiger partial charge in [-0.05, 0) is 44.1 Å². The summed E-state index contributed by atoms with van der Waals surface area (Å²) in [5, 5.41) is 4.21. The predicted molar refractivity (Wildman–Crippen MR) is 72.6 cm³/mol. The summed E-state index contributed by atoms with van der Waals surface area (Å²) in [4.78, 5) is 2.42. The monoisotopic (exact) mass is 242 g/mol. The van der Waals surface area contributed by atoms with Crippen LogP contribution in [0.15, 0.2) is 36.5 Å². The Labute approximate surface area is 107 Å². The van der Waals surface area contributed by atoms with Crippen molar-refractivity contribution in [3.63, 3.8) is 0 Å². The van der Waals surface area contributed by atoms with Gasteiger partial charge in [0.25, 0.3) is 0 Å². The molecule has 2 aromatic rings. The van der Waals surface area contributed by atoms with Crippen molar-refractivity contribution in [2.24, 2.45) is 0 Å². The second-order valence-corrected chi connectivity index (χ2v) is 4.92. The number of hydrogen-bond donors (Lipinski definition) is 1. The molecular formula is C14H18N4. The highest BCUT2D eigenvalue weighted by atomic mass is 15.3. The van der Waals surface area contributed by atoms with Crippen molar-refractivity contribution < 1.29 is 0 Å². The van der Waals surface area contributed by atoms with Crippen molar-refractivity contribution in [2.75, 3.05) is 19.3 Å². The third-order valence-corrected chi connectivity index (χ3v) is 3.67. The highest BCUT2D eigenvalue weighted by Crippen LogP contribution is 2.30. The van der Waals surface area contributed by atoms with Crippen LogP contribution < -0.4 is 5.73 Å². The number of nitrogen functional groups attached to an aromatic ring is 1. The Hall–Kier alpha value is -1.81. The number of benzene rings is 1. The van der Waals surface area contributed by atoms with E-state index in [1.807, 2.05) is 6.20 Å². The Kier molecular flexibility index (Phi) is 2.80. The summed E-state index contributed by atoms with van der Waals surface area (Å²) in [7, 11) is 2.19. The maximum absolute atomic E-state index is 5.62. The standard InChI is InChI=1S/C14H18N4/c1-17-9-2-3-13(17)11-4-6-12(7-5-11)18-10-8-14(15)16-18/h4-8,10,13H,2-3,9H2,1H3,(H2,15,16). The smallest absolute Gasteiger partial charge is 0.145 e. The minimum Gasteiger partial charge on any atom is -0.382 e. The van der Waals surface area contributed by atoms with E-state index in [-0.39, 0.29) is 0 Å². The molecule has 1 fully saturated rings. The highest BCUT2D eigenvalue weighted by molar-refractivity contribution is 5.37. The zero-order valence-corrected chi connectivity index (χ0v) is 10.6. The molecule has 4 nitrogen and oxygen atoms in total. The summed E-state index contributed by atoms with van der Waals surface area (Å²) >= 11 is 0. The van der Waals surface area contributed by atoms with Crippen LogP contribution in [0, 0.1) is 0 Å². The van der Waals surface area contributed by atoms with E-state index in [0.717, 1.165) is 5.69 Å². The number of likely N-dealkylation sites (tertiary alicyclic amines) is 1. The van der Waals surface area contributed by atoms with Crippen LogP contribution >= 0.6 is 0 Å². The lowest BCUT2D eigenvalue weighted by Crippen LogP contribution is -2.17. The summed E-state index contributed by atoms with van der Waals surface area (Å²) in [5.41, 5.74) is 8.06. The number of nitrogens with zero attached hydrogens (tertiary/aromatic N) is 3. The van der Waals surface area contributed by atoms with Gasteiger partial charge < -0.3 is 5.73 Å². The molecule has 0 radical (unpaired) electrons. The van der Waals surface area contributed by atoms with Gasteiger partial charge in [-0.1, -0.05) is 12.1 Å². The van der Waals surface area contributed by atoms with Gasteiger partial charge in [0, 0.05) is 18.3 Å². The van der Waals surface area contributed by atoms with Crippen molar-refractivity contribution in [2.45, 2.75) is 18.9 Å². The molecule has 1 saturated heterocycles. The minimum atomic E-state index is 0.551. The number of hydrogen-bond acceptors (Lipinski definition) is 3. The zero-order valence-electron chi connectivity index (χ0n) is 10.6. The van der Waals surface area contributed by atoms with Crippen molar-refractivity contribution in [3.05, 3.63) is 42.1 Å². The van der Waals surface area contributed by atoms with Crippen LogP contribution in [-0.4, -0.2) is 28.3 Å². The molecule has 0 spiro atoms. The summed E-state index contributed by atoms with van der Waals surface area (Å²) < 4.78 is 1.80. The molecule has 3 rings (SSSR count). The molecule has 94 valence electrons. The van der Waals surface area contributed by atoms with Crippen molar-refractivity contribution in [1.29, 1.82) is 0 Å². The van der Waals surface area contributed by atoms with E-state index in [9.17, 15) is 0 Å². The second-order valence-electron chi connectivity index (χ2n) is 4.92.